The average molecular weight is 1070 g/mol. The number of nitrogens with one attached hydrogen (secondary N) is 6. The van der Waals surface area contributed by atoms with Crippen molar-refractivity contribution in [2.75, 3.05) is 31.1 Å². The first-order valence-electron chi connectivity index (χ1n) is 25.2. The first kappa shape index (κ1) is 58.7. The Labute approximate surface area is 439 Å². The zero-order chi connectivity index (χ0) is 53.7. The Kier molecular flexibility index (Phi) is 23.5. The summed E-state index contributed by atoms with van der Waals surface area (Å²) in [6.45, 7) is 3.41. The summed E-state index contributed by atoms with van der Waals surface area (Å²) >= 11 is 2.73. The molecule has 2 aromatic rings. The van der Waals surface area contributed by atoms with E-state index in [0.29, 0.717) is 42.8 Å². The molecular weight excluding hydrogens is 997 g/mol. The number of hydrogen-bond donors (Lipinski definition) is 9. The molecule has 3 aliphatic heterocycles. The van der Waals surface area contributed by atoms with E-state index in [1.54, 1.807) is 30.3 Å². The first-order chi connectivity index (χ1) is 35.4. The Balaban J connectivity index is 1.50. The Bertz CT molecular complexity index is 2310. The standard InChI is InChI=1S/C51H70N8O13S2/c1-3-4-6-18-41(61)53-38-30-74-28-34-15-9-14-33(25-34)27-73-29-37(45(66)52-22-21-43(64)65)56-47(68)36(26-32-12-7-5-8-13-32)55-46(67)35(19-20-42(62)63)54-49(70)44(31(2)60)57-48(69)39-16-10-23-58(39)51(72)40-17-11-24-59(40)50(38)71/h5,7-9,12-15,25,31,35-40,44,60H,3-4,6,10-11,16-24,26-30H2,1-2H3,(H,52,66)(H,53,61)(H,54,70)(H,55,67)(H,56,68)(H,57,69)(H,62,63)(H,64,65)/t31-,35+,36+,37+,38+,39+,40+,44+/m1/s1. The molecule has 3 aliphatic rings. The van der Waals surface area contributed by atoms with Crippen LogP contribution in [0.15, 0.2) is 54.6 Å². The van der Waals surface area contributed by atoms with Gasteiger partial charge in [0.05, 0.1) is 12.5 Å². The number of aliphatic hydroxyl groups is 1. The van der Waals surface area contributed by atoms with E-state index in [1.165, 1.54) is 40.2 Å². The third-order valence-electron chi connectivity index (χ3n) is 12.9. The van der Waals surface area contributed by atoms with Gasteiger partial charge in [0.2, 0.25) is 47.3 Å². The van der Waals surface area contributed by atoms with E-state index in [9.17, 15) is 63.3 Å². The van der Waals surface area contributed by atoms with E-state index >= 15 is 0 Å². The Morgan fingerprint density at radius 2 is 1.32 bits per heavy atom. The molecule has 0 aromatic heterocycles. The number of hydrogen-bond acceptors (Lipinski definition) is 13. The molecule has 0 spiro atoms. The van der Waals surface area contributed by atoms with Crippen molar-refractivity contribution in [1.82, 2.24) is 41.7 Å². The summed E-state index contributed by atoms with van der Waals surface area (Å²) in [6.07, 6.45) is 0.817. The highest BCUT2D eigenvalue weighted by molar-refractivity contribution is 7.98. The van der Waals surface area contributed by atoms with Crippen molar-refractivity contribution in [2.24, 2.45) is 0 Å². The lowest BCUT2D eigenvalue weighted by molar-refractivity contribution is -0.148. The second-order valence-electron chi connectivity index (χ2n) is 18.8. The van der Waals surface area contributed by atoms with Gasteiger partial charge in [0.25, 0.3) is 0 Å². The number of aliphatic carboxylic acids is 2. The third kappa shape index (κ3) is 18.0. The highest BCUT2D eigenvalue weighted by Gasteiger charge is 2.45. The van der Waals surface area contributed by atoms with Crippen LogP contribution in [0.2, 0.25) is 0 Å². The van der Waals surface area contributed by atoms with E-state index in [0.717, 1.165) is 24.0 Å². The number of carbonyl (C=O) groups excluding carboxylic acids is 8. The molecule has 404 valence electrons. The van der Waals surface area contributed by atoms with Gasteiger partial charge in [0.15, 0.2) is 0 Å². The molecule has 8 amide bonds. The van der Waals surface area contributed by atoms with Crippen LogP contribution in [-0.2, 0) is 65.9 Å². The van der Waals surface area contributed by atoms with Crippen LogP contribution in [0.3, 0.4) is 0 Å². The first-order valence-corrected chi connectivity index (χ1v) is 27.5. The summed E-state index contributed by atoms with van der Waals surface area (Å²) in [5.41, 5.74) is 2.36. The lowest BCUT2D eigenvalue weighted by atomic mass is 10.0. The molecule has 2 aromatic carbocycles. The summed E-state index contributed by atoms with van der Waals surface area (Å²) in [5.74, 6) is -7.01. The van der Waals surface area contributed by atoms with Crippen molar-refractivity contribution < 1.29 is 63.3 Å². The van der Waals surface area contributed by atoms with Crippen molar-refractivity contribution >= 4 is 82.7 Å². The summed E-state index contributed by atoms with van der Waals surface area (Å²) in [4.78, 5) is 138. The number of thioether (sulfide) groups is 2. The molecule has 2 fully saturated rings. The molecule has 0 unspecified atom stereocenters. The number of fused-ring (bicyclic) bond motifs is 4. The van der Waals surface area contributed by atoms with Gasteiger partial charge in [-0.25, -0.2) is 0 Å². The Hall–Kier alpha value is -6.20. The van der Waals surface area contributed by atoms with Gasteiger partial charge < -0.3 is 57.0 Å². The van der Waals surface area contributed by atoms with Gasteiger partial charge in [0, 0.05) is 61.9 Å². The van der Waals surface area contributed by atoms with Crippen LogP contribution in [0.25, 0.3) is 0 Å². The molecule has 2 bridgehead atoms. The van der Waals surface area contributed by atoms with Gasteiger partial charge in [0.1, 0.15) is 42.3 Å². The van der Waals surface area contributed by atoms with Gasteiger partial charge >= 0.3 is 11.9 Å². The molecular formula is C51H70N8O13S2. The monoisotopic (exact) mass is 1070 g/mol. The van der Waals surface area contributed by atoms with Gasteiger partial charge in [-0.3, -0.25) is 47.9 Å². The van der Waals surface area contributed by atoms with E-state index in [-0.39, 0.29) is 56.3 Å². The SMILES string of the molecule is CCCCCC(=O)N[C@H]1CSCc2cccc(c2)CSC[C@@H](C(=O)NCCC(=O)O)NC(=O)[C@H](Cc2ccccc2)NC(=O)[C@H](CCC(=O)O)NC(=O)[C@H]([C@@H](C)O)NC(=O)[C@@H]2CCCN2C(=O)[C@@H]2CCCN2C1=O. The second kappa shape index (κ2) is 29.6. The molecule has 2 saturated heterocycles. The zero-order valence-corrected chi connectivity index (χ0v) is 43.5. The van der Waals surface area contributed by atoms with E-state index in [2.05, 4.69) is 31.9 Å². The fourth-order valence-corrected chi connectivity index (χ4v) is 11.0. The number of amides is 8. The molecule has 21 nitrogen and oxygen atoms in total. The maximum atomic E-state index is 14.5. The van der Waals surface area contributed by atoms with Crippen molar-refractivity contribution in [2.45, 2.75) is 151 Å². The minimum absolute atomic E-state index is 0.000266. The van der Waals surface area contributed by atoms with Crippen LogP contribution in [0.4, 0.5) is 0 Å². The lowest BCUT2D eigenvalue weighted by Gasteiger charge is -2.33. The number of carboxylic acids is 2. The molecule has 23 heteroatoms. The predicted molar refractivity (Wildman–Crippen MR) is 276 cm³/mol. The summed E-state index contributed by atoms with van der Waals surface area (Å²) < 4.78 is 0. The van der Waals surface area contributed by atoms with Gasteiger partial charge in [-0.2, -0.15) is 23.5 Å². The molecule has 74 heavy (non-hydrogen) atoms. The highest BCUT2D eigenvalue weighted by atomic mass is 32.2. The van der Waals surface area contributed by atoms with Crippen LogP contribution >= 0.6 is 23.5 Å². The molecule has 0 radical (unpaired) electrons. The van der Waals surface area contributed by atoms with Crippen LogP contribution < -0.4 is 31.9 Å². The largest absolute Gasteiger partial charge is 0.481 e. The number of nitrogens with zero attached hydrogens (tertiary/aromatic N) is 2. The van der Waals surface area contributed by atoms with E-state index < -0.39 is 121 Å². The van der Waals surface area contributed by atoms with Crippen molar-refractivity contribution in [3.8, 4) is 0 Å². The molecule has 0 aliphatic carbocycles. The van der Waals surface area contributed by atoms with Crippen LogP contribution in [0.5, 0.6) is 0 Å². The number of carbonyl (C=O) groups is 10. The average Bonchev–Trinajstić information content (AvgIpc) is 4.07. The summed E-state index contributed by atoms with van der Waals surface area (Å²) in [5, 5.41) is 45.5. The second-order valence-corrected chi connectivity index (χ2v) is 20.8. The topological polar surface area (TPSA) is 310 Å². The highest BCUT2D eigenvalue weighted by Crippen LogP contribution is 2.27. The van der Waals surface area contributed by atoms with Gasteiger partial charge in [-0.05, 0) is 62.1 Å². The fraction of sp³-hybridized carbons (Fsp3) is 0.569. The molecule has 8 atom stereocenters. The maximum absolute atomic E-state index is 14.5. The minimum Gasteiger partial charge on any atom is -0.481 e. The number of aliphatic hydroxyl groups excluding tert-OH is 1. The normalized spacial score (nSPS) is 24.4. The van der Waals surface area contributed by atoms with Crippen LogP contribution in [-0.4, -0.2) is 164 Å². The fourth-order valence-electron chi connectivity index (χ4n) is 9.01. The molecule has 9 N–H and O–H groups in total. The molecule has 5 rings (SSSR count). The van der Waals surface area contributed by atoms with Crippen LogP contribution in [0, 0.1) is 0 Å². The zero-order valence-electron chi connectivity index (χ0n) is 41.9. The van der Waals surface area contributed by atoms with Crippen LogP contribution in [0.1, 0.15) is 101 Å². The van der Waals surface area contributed by atoms with Gasteiger partial charge in [-0.15, -0.1) is 0 Å². The Morgan fingerprint density at radius 3 is 1.97 bits per heavy atom. The minimum atomic E-state index is -1.71. The lowest BCUT2D eigenvalue weighted by Crippen LogP contribution is -2.61. The summed E-state index contributed by atoms with van der Waals surface area (Å²) in [7, 11) is 0. The van der Waals surface area contributed by atoms with Crippen molar-refractivity contribution in [1.29, 1.82) is 0 Å². The van der Waals surface area contributed by atoms with Crippen molar-refractivity contribution in [3.63, 3.8) is 0 Å². The number of rotatable bonds is 15. The maximum Gasteiger partial charge on any atom is 0.305 e. The smallest absolute Gasteiger partial charge is 0.305 e. The Morgan fingerprint density at radius 1 is 0.703 bits per heavy atom. The van der Waals surface area contributed by atoms with Gasteiger partial charge in [-0.1, -0.05) is 74.4 Å². The third-order valence-corrected chi connectivity index (χ3v) is 15.1. The molecule has 0 saturated carbocycles. The number of carboxylic acid groups (broad SMARTS) is 2. The number of unbranched alkanes of at least 4 members (excludes halogenated alkanes) is 2. The molecule has 3 heterocycles. The van der Waals surface area contributed by atoms with E-state index in [1.807, 2.05) is 31.2 Å². The summed E-state index contributed by atoms with van der Waals surface area (Å²) in [6, 6.07) is 7.18. The predicted octanol–water partition coefficient (Wildman–Crippen LogP) is 1.23. The number of benzene rings is 2. The van der Waals surface area contributed by atoms with Crippen molar-refractivity contribution in [3.05, 3.63) is 71.3 Å². The van der Waals surface area contributed by atoms with E-state index in [4.69, 9.17) is 0 Å². The quantitative estimate of drug-likeness (QED) is 0.113.